The first-order chi connectivity index (χ1) is 17.6. The van der Waals surface area contributed by atoms with E-state index >= 15 is 0 Å². The highest BCUT2D eigenvalue weighted by molar-refractivity contribution is 5.71. The van der Waals surface area contributed by atoms with Gasteiger partial charge < -0.3 is 25.0 Å². The molecule has 0 spiro atoms. The number of ether oxygens (including phenoxy) is 1. The molecule has 3 atom stereocenters. The SMILES string of the molecule is CCc1cnc(N2CCC(C[OH+]C3=CCC(C4=CCC(C(O)=[NH+]C[C@H](O)CO)CC4)C=C3)CC2)nc1. The number of hydrogen-bond donors (Lipinski definition) is 4. The zero-order valence-corrected chi connectivity index (χ0v) is 21.4. The summed E-state index contributed by atoms with van der Waals surface area (Å²) in [5.41, 5.74) is 2.61. The summed E-state index contributed by atoms with van der Waals surface area (Å²) in [6.45, 7) is 4.83. The Morgan fingerprint density at radius 1 is 1.17 bits per heavy atom. The summed E-state index contributed by atoms with van der Waals surface area (Å²) in [5.74, 6) is 3.24. The van der Waals surface area contributed by atoms with Gasteiger partial charge in [-0.25, -0.2) is 15.0 Å². The van der Waals surface area contributed by atoms with Gasteiger partial charge >= 0.3 is 5.90 Å². The van der Waals surface area contributed by atoms with Crippen LogP contribution in [0.1, 0.15) is 51.0 Å². The molecule has 2 heterocycles. The van der Waals surface area contributed by atoms with E-state index in [9.17, 15) is 10.2 Å². The first-order valence-corrected chi connectivity index (χ1v) is 13.4. The summed E-state index contributed by atoms with van der Waals surface area (Å²) in [7, 11) is 0. The quantitative estimate of drug-likeness (QED) is 0.168. The van der Waals surface area contributed by atoms with Crippen LogP contribution in [0.5, 0.6) is 0 Å². The van der Waals surface area contributed by atoms with Crippen LogP contribution in [0.25, 0.3) is 0 Å². The number of nitrogens with zero attached hydrogens (tertiary/aromatic N) is 3. The minimum atomic E-state index is -0.855. The molecule has 2 unspecified atom stereocenters. The van der Waals surface area contributed by atoms with E-state index in [1.54, 1.807) is 0 Å². The zero-order valence-electron chi connectivity index (χ0n) is 21.4. The smallest absolute Gasteiger partial charge is 0.335 e. The van der Waals surface area contributed by atoms with E-state index in [1.807, 2.05) is 12.4 Å². The van der Waals surface area contributed by atoms with Gasteiger partial charge in [0.1, 0.15) is 6.10 Å². The van der Waals surface area contributed by atoms with Crippen LogP contribution < -0.4 is 9.89 Å². The third-order valence-electron chi connectivity index (χ3n) is 7.65. The van der Waals surface area contributed by atoms with Crippen LogP contribution in [0.4, 0.5) is 5.95 Å². The van der Waals surface area contributed by atoms with Crippen LogP contribution in [0.15, 0.2) is 48.0 Å². The van der Waals surface area contributed by atoms with Gasteiger partial charge in [0.2, 0.25) is 11.7 Å². The Morgan fingerprint density at radius 3 is 2.56 bits per heavy atom. The van der Waals surface area contributed by atoms with Crippen molar-refractivity contribution < 1.29 is 25.0 Å². The van der Waals surface area contributed by atoms with Crippen molar-refractivity contribution in [3.05, 3.63) is 53.6 Å². The van der Waals surface area contributed by atoms with E-state index in [0.717, 1.165) is 76.3 Å². The standard InChI is InChI=1S/C28H40N4O4/c1-2-20-15-30-28(31-16-20)32-13-11-21(12-14-32)19-36-26-9-7-23(8-10-26)22-3-5-24(6-4-22)27(35)29-17-25(34)18-33/h3,7,9-10,15-16,21,23-25,33-34H,2,4-6,8,11-14,17-19H2,1H3,(H,29,35)/p+2/t23?,24?,25-/m0/s1. The highest BCUT2D eigenvalue weighted by Crippen LogP contribution is 2.33. The highest BCUT2D eigenvalue weighted by Gasteiger charge is 2.27. The molecule has 2 aliphatic carbocycles. The van der Waals surface area contributed by atoms with Gasteiger partial charge in [-0.3, -0.25) is 0 Å². The number of aliphatic hydroxyl groups excluding tert-OH is 3. The fourth-order valence-corrected chi connectivity index (χ4v) is 5.12. The molecular weight excluding hydrogens is 456 g/mol. The van der Waals surface area contributed by atoms with Crippen LogP contribution in [-0.4, -0.2) is 74.9 Å². The molecule has 1 aromatic heterocycles. The van der Waals surface area contributed by atoms with Crippen molar-refractivity contribution >= 4 is 11.8 Å². The fourth-order valence-electron chi connectivity index (χ4n) is 5.12. The Morgan fingerprint density at radius 2 is 1.94 bits per heavy atom. The molecule has 196 valence electrons. The van der Waals surface area contributed by atoms with Gasteiger partial charge in [-0.1, -0.05) is 24.6 Å². The van der Waals surface area contributed by atoms with Crippen molar-refractivity contribution in [1.82, 2.24) is 9.97 Å². The fraction of sp³-hybridized carbons (Fsp3) is 0.607. The number of aliphatic hydroxyl groups is 5. The lowest BCUT2D eigenvalue weighted by molar-refractivity contribution is -0.481. The highest BCUT2D eigenvalue weighted by atomic mass is 16.5. The molecule has 4 rings (SSSR count). The van der Waals surface area contributed by atoms with E-state index in [4.69, 9.17) is 9.84 Å². The molecular formula is C28H42N4O4+2. The number of piperidine rings is 1. The summed E-state index contributed by atoms with van der Waals surface area (Å²) in [5, 5.41) is 28.6. The van der Waals surface area contributed by atoms with Crippen LogP contribution in [-0.2, 0) is 6.42 Å². The van der Waals surface area contributed by atoms with Gasteiger partial charge in [0.25, 0.3) is 0 Å². The first-order valence-electron chi connectivity index (χ1n) is 13.4. The topological polar surface area (TPSA) is 116 Å². The van der Waals surface area contributed by atoms with E-state index in [-0.39, 0.29) is 25.0 Å². The van der Waals surface area contributed by atoms with Crippen LogP contribution in [0, 0.1) is 17.8 Å². The molecule has 36 heavy (non-hydrogen) atoms. The van der Waals surface area contributed by atoms with Gasteiger partial charge in [0, 0.05) is 49.5 Å². The predicted molar refractivity (Wildman–Crippen MR) is 141 cm³/mol. The maximum atomic E-state index is 10.2. The number of hydrogen-bond acceptors (Lipinski definition) is 5. The average Bonchev–Trinajstić information content (AvgIpc) is 2.95. The lowest BCUT2D eigenvalue weighted by Gasteiger charge is -2.31. The van der Waals surface area contributed by atoms with Crippen molar-refractivity contribution in [2.45, 2.75) is 58.0 Å². The van der Waals surface area contributed by atoms with Crippen LogP contribution in [0.2, 0.25) is 0 Å². The van der Waals surface area contributed by atoms with Gasteiger partial charge in [-0.2, -0.15) is 0 Å². The summed E-state index contributed by atoms with van der Waals surface area (Å²) < 4.78 is 4.91. The summed E-state index contributed by atoms with van der Waals surface area (Å²) >= 11 is 0. The number of nitrogens with one attached hydrogen (secondary N) is 1. The molecule has 1 fully saturated rings. The Bertz CT molecular complexity index is 964. The summed E-state index contributed by atoms with van der Waals surface area (Å²) in [6.07, 6.45) is 18.8. The third-order valence-corrected chi connectivity index (χ3v) is 7.65. The lowest BCUT2D eigenvalue weighted by atomic mass is 9.81. The van der Waals surface area contributed by atoms with Crippen molar-refractivity contribution in [1.29, 1.82) is 0 Å². The molecule has 8 nitrogen and oxygen atoms in total. The Balaban J connectivity index is 1.17. The van der Waals surface area contributed by atoms with Gasteiger partial charge in [0.15, 0.2) is 13.2 Å². The first kappa shape index (κ1) is 26.4. The number of aryl methyl sites for hydroxylation is 1. The van der Waals surface area contributed by atoms with E-state index < -0.39 is 6.10 Å². The molecule has 0 bridgehead atoms. The van der Waals surface area contributed by atoms with Gasteiger partial charge in [0.05, 0.1) is 12.5 Å². The maximum Gasteiger partial charge on any atom is 0.335 e. The van der Waals surface area contributed by atoms with Crippen molar-refractivity contribution in [2.24, 2.45) is 17.8 Å². The second kappa shape index (κ2) is 13.0. The summed E-state index contributed by atoms with van der Waals surface area (Å²) in [4.78, 5) is 14.2. The largest absolute Gasteiger partial charge is 0.583 e. The van der Waals surface area contributed by atoms with Gasteiger partial charge in [-0.05, 0) is 50.5 Å². The molecule has 8 heteroatoms. The van der Waals surface area contributed by atoms with Crippen LogP contribution in [0.3, 0.4) is 0 Å². The second-order valence-electron chi connectivity index (χ2n) is 10.2. The molecule has 5 N–H and O–H groups in total. The minimum absolute atomic E-state index is 0.0574. The molecule has 0 radical (unpaired) electrons. The summed E-state index contributed by atoms with van der Waals surface area (Å²) in [6, 6.07) is 0. The average molecular weight is 499 g/mol. The second-order valence-corrected chi connectivity index (χ2v) is 10.2. The van der Waals surface area contributed by atoms with Gasteiger partial charge in [-0.15, -0.1) is 0 Å². The number of anilines is 1. The molecule has 1 saturated heterocycles. The number of rotatable bonds is 10. The normalized spacial score (nSPS) is 24.3. The van der Waals surface area contributed by atoms with Crippen molar-refractivity contribution in [3.63, 3.8) is 0 Å². The van der Waals surface area contributed by atoms with Crippen LogP contribution >= 0.6 is 0 Å². The number of allylic oxidation sites excluding steroid dienone is 5. The Labute approximate surface area is 214 Å². The Hall–Kier alpha value is -2.71. The predicted octanol–water partition coefficient (Wildman–Crippen LogP) is 1.36. The minimum Gasteiger partial charge on any atom is -0.583 e. The molecule has 3 aliphatic rings. The van der Waals surface area contributed by atoms with E-state index in [0.29, 0.717) is 11.8 Å². The molecule has 0 amide bonds. The monoisotopic (exact) mass is 498 g/mol. The van der Waals surface area contributed by atoms with E-state index in [1.165, 1.54) is 11.1 Å². The lowest BCUT2D eigenvalue weighted by Crippen LogP contribution is -2.77. The number of aromatic nitrogens is 2. The maximum absolute atomic E-state index is 10.2. The molecule has 0 aromatic carbocycles. The third kappa shape index (κ3) is 7.17. The zero-order chi connectivity index (χ0) is 25.3. The van der Waals surface area contributed by atoms with Crippen molar-refractivity contribution in [2.75, 3.05) is 37.7 Å². The van der Waals surface area contributed by atoms with E-state index in [2.05, 4.69) is 51.1 Å². The Kier molecular flexibility index (Phi) is 9.53. The molecule has 1 aromatic rings. The van der Waals surface area contributed by atoms with Crippen molar-refractivity contribution in [3.8, 4) is 0 Å². The molecule has 1 aliphatic heterocycles. The molecule has 0 saturated carbocycles.